The summed E-state index contributed by atoms with van der Waals surface area (Å²) in [6, 6.07) is 31.4. The monoisotopic (exact) mass is 497 g/mol. The van der Waals surface area contributed by atoms with Gasteiger partial charge < -0.3 is 14.2 Å². The van der Waals surface area contributed by atoms with Crippen LogP contribution in [0.3, 0.4) is 0 Å². The van der Waals surface area contributed by atoms with Gasteiger partial charge in [0, 0.05) is 6.07 Å². The van der Waals surface area contributed by atoms with Gasteiger partial charge in [-0.05, 0) is 34.9 Å². The van der Waals surface area contributed by atoms with E-state index >= 15 is 0 Å². The maximum Gasteiger partial charge on any atom is 0.188 e. The Morgan fingerprint density at radius 2 is 1.39 bits per heavy atom. The van der Waals surface area contributed by atoms with Gasteiger partial charge in [0.05, 0.1) is 23.8 Å². The second-order valence-electron chi connectivity index (χ2n) is 8.03. The van der Waals surface area contributed by atoms with E-state index in [4.69, 9.17) is 25.8 Å². The van der Waals surface area contributed by atoms with Gasteiger partial charge in [0.25, 0.3) is 0 Å². The molecule has 180 valence electrons. The molecule has 4 aromatic carbocycles. The van der Waals surface area contributed by atoms with Crippen LogP contribution in [0.2, 0.25) is 5.02 Å². The molecular formula is C30H24ClNO4. The molecule has 5 nitrogen and oxygen atoms in total. The Kier molecular flexibility index (Phi) is 8.23. The molecule has 0 saturated heterocycles. The summed E-state index contributed by atoms with van der Waals surface area (Å²) >= 11 is 6.53. The van der Waals surface area contributed by atoms with Crippen LogP contribution in [-0.4, -0.2) is 12.9 Å². The third-order valence-corrected chi connectivity index (χ3v) is 5.91. The smallest absolute Gasteiger partial charge is 0.188 e. The Balaban J connectivity index is 1.66. The van der Waals surface area contributed by atoms with Gasteiger partial charge in [-0.2, -0.15) is 5.26 Å². The van der Waals surface area contributed by atoms with E-state index in [1.807, 2.05) is 60.7 Å². The number of carbonyl (C=O) groups excluding carboxylic acids is 1. The fourth-order valence-corrected chi connectivity index (χ4v) is 3.88. The van der Waals surface area contributed by atoms with Crippen molar-refractivity contribution >= 4 is 17.4 Å². The number of methoxy groups -OCH3 is 1. The summed E-state index contributed by atoms with van der Waals surface area (Å²) in [7, 11) is 1.56. The molecule has 0 amide bonds. The second-order valence-corrected chi connectivity index (χ2v) is 8.43. The van der Waals surface area contributed by atoms with Crippen LogP contribution in [0.4, 0.5) is 0 Å². The summed E-state index contributed by atoms with van der Waals surface area (Å²) in [4.78, 5) is 13.6. The van der Waals surface area contributed by atoms with E-state index in [0.717, 1.165) is 11.1 Å². The van der Waals surface area contributed by atoms with Crippen LogP contribution in [0, 0.1) is 11.3 Å². The molecule has 6 heteroatoms. The number of Topliss-reactive ketones (excluding diaryl/α,β-unsaturated/α-hetero) is 1. The zero-order chi connectivity index (χ0) is 25.3. The number of ether oxygens (including phenoxy) is 3. The highest BCUT2D eigenvalue weighted by Gasteiger charge is 2.26. The molecule has 0 radical (unpaired) electrons. The molecule has 0 aliphatic carbocycles. The number of halogens is 1. The Morgan fingerprint density at radius 3 is 1.92 bits per heavy atom. The first-order valence-electron chi connectivity index (χ1n) is 11.3. The lowest BCUT2D eigenvalue weighted by Crippen LogP contribution is -2.13. The highest BCUT2D eigenvalue weighted by molar-refractivity contribution is 6.32. The molecule has 0 bridgehead atoms. The number of ketones is 1. The van der Waals surface area contributed by atoms with E-state index in [1.54, 1.807) is 37.4 Å². The average Bonchev–Trinajstić information content (AvgIpc) is 2.93. The van der Waals surface area contributed by atoms with Crippen molar-refractivity contribution in [1.82, 2.24) is 0 Å². The summed E-state index contributed by atoms with van der Waals surface area (Å²) in [6.07, 6.45) is 0. The van der Waals surface area contributed by atoms with Gasteiger partial charge in [-0.15, -0.1) is 0 Å². The summed E-state index contributed by atoms with van der Waals surface area (Å²) in [5.41, 5.74) is 2.68. The van der Waals surface area contributed by atoms with Gasteiger partial charge in [-0.1, -0.05) is 84.4 Å². The first kappa shape index (κ1) is 24.8. The fraction of sp³-hybridized carbons (Fsp3) is 0.133. The SMILES string of the molecule is COc1ccc(C(C#N)C(=O)c2cc(Cl)c(OCc3ccccc3)cc2OCc2ccccc2)cc1. The van der Waals surface area contributed by atoms with Crippen molar-refractivity contribution in [2.75, 3.05) is 7.11 Å². The van der Waals surface area contributed by atoms with E-state index in [9.17, 15) is 10.1 Å². The molecule has 0 heterocycles. The Morgan fingerprint density at radius 1 is 0.833 bits per heavy atom. The minimum atomic E-state index is -1.04. The Bertz CT molecular complexity index is 1350. The number of hydrogen-bond donors (Lipinski definition) is 0. The van der Waals surface area contributed by atoms with Crippen LogP contribution in [0.1, 0.15) is 33.0 Å². The number of rotatable bonds is 10. The third-order valence-electron chi connectivity index (χ3n) is 5.61. The molecule has 0 fully saturated rings. The van der Waals surface area contributed by atoms with Crippen LogP contribution in [0.25, 0.3) is 0 Å². The standard InChI is InChI=1S/C30H24ClNO4/c1-34-24-14-12-23(13-15-24)26(18-32)30(33)25-16-27(31)29(36-20-22-10-6-3-7-11-22)17-28(25)35-19-21-8-4-2-5-9-21/h2-17,26H,19-20H2,1H3. The van der Waals surface area contributed by atoms with Crippen LogP contribution < -0.4 is 14.2 Å². The first-order chi connectivity index (χ1) is 17.6. The van der Waals surface area contributed by atoms with Crippen molar-refractivity contribution in [2.24, 2.45) is 0 Å². The van der Waals surface area contributed by atoms with Gasteiger partial charge >= 0.3 is 0 Å². The number of benzene rings is 4. The molecule has 0 saturated carbocycles. The fourth-order valence-electron chi connectivity index (χ4n) is 3.66. The molecule has 0 spiro atoms. The van der Waals surface area contributed by atoms with Gasteiger partial charge in [-0.25, -0.2) is 0 Å². The summed E-state index contributed by atoms with van der Waals surface area (Å²) in [6.45, 7) is 0.541. The Labute approximate surface area is 215 Å². The molecule has 0 aliphatic rings. The predicted molar refractivity (Wildman–Crippen MR) is 139 cm³/mol. The van der Waals surface area contributed by atoms with Crippen molar-refractivity contribution in [3.05, 3.63) is 124 Å². The Hall–Kier alpha value is -4.27. The van der Waals surface area contributed by atoms with E-state index in [0.29, 0.717) is 29.4 Å². The molecule has 0 aromatic heterocycles. The lowest BCUT2D eigenvalue weighted by atomic mass is 9.91. The van der Waals surface area contributed by atoms with Gasteiger partial charge in [0.15, 0.2) is 5.78 Å². The predicted octanol–water partition coefficient (Wildman–Crippen LogP) is 7.00. The van der Waals surface area contributed by atoms with Crippen molar-refractivity contribution in [1.29, 1.82) is 5.26 Å². The minimum Gasteiger partial charge on any atom is -0.497 e. The zero-order valence-electron chi connectivity index (χ0n) is 19.7. The average molecular weight is 498 g/mol. The quantitative estimate of drug-likeness (QED) is 0.221. The van der Waals surface area contributed by atoms with E-state index in [1.165, 1.54) is 6.07 Å². The van der Waals surface area contributed by atoms with Crippen LogP contribution in [0.15, 0.2) is 97.1 Å². The van der Waals surface area contributed by atoms with Crippen LogP contribution in [-0.2, 0) is 13.2 Å². The van der Waals surface area contributed by atoms with Crippen molar-refractivity contribution < 1.29 is 19.0 Å². The summed E-state index contributed by atoms with van der Waals surface area (Å²) < 4.78 is 17.2. The van der Waals surface area contributed by atoms with E-state index in [2.05, 4.69) is 6.07 Å². The molecule has 0 aliphatic heterocycles. The maximum absolute atomic E-state index is 13.6. The molecule has 0 N–H and O–H groups in total. The normalized spacial score (nSPS) is 11.2. The van der Waals surface area contributed by atoms with Gasteiger partial charge in [0.2, 0.25) is 0 Å². The third kappa shape index (κ3) is 6.04. The number of hydrogen-bond acceptors (Lipinski definition) is 5. The lowest BCUT2D eigenvalue weighted by molar-refractivity contribution is 0.0974. The van der Waals surface area contributed by atoms with E-state index < -0.39 is 11.7 Å². The maximum atomic E-state index is 13.6. The number of nitrogens with zero attached hydrogens (tertiary/aromatic N) is 1. The van der Waals surface area contributed by atoms with Crippen LogP contribution >= 0.6 is 11.6 Å². The molecule has 1 unspecified atom stereocenters. The molecule has 36 heavy (non-hydrogen) atoms. The summed E-state index contributed by atoms with van der Waals surface area (Å²) in [5.74, 6) is -0.134. The van der Waals surface area contributed by atoms with Crippen molar-refractivity contribution in [3.63, 3.8) is 0 Å². The van der Waals surface area contributed by atoms with Gasteiger partial charge in [-0.3, -0.25) is 4.79 Å². The summed E-state index contributed by atoms with van der Waals surface area (Å²) in [5, 5.41) is 10.1. The number of carbonyl (C=O) groups is 1. The second kappa shape index (κ2) is 11.9. The minimum absolute atomic E-state index is 0.213. The molecular weight excluding hydrogens is 474 g/mol. The van der Waals surface area contributed by atoms with Crippen molar-refractivity contribution in [3.8, 4) is 23.3 Å². The zero-order valence-corrected chi connectivity index (χ0v) is 20.4. The van der Waals surface area contributed by atoms with Crippen molar-refractivity contribution in [2.45, 2.75) is 19.1 Å². The largest absolute Gasteiger partial charge is 0.497 e. The topological polar surface area (TPSA) is 68.5 Å². The molecule has 4 aromatic rings. The lowest BCUT2D eigenvalue weighted by Gasteiger charge is -2.17. The highest BCUT2D eigenvalue weighted by atomic mass is 35.5. The molecule has 4 rings (SSSR count). The van der Waals surface area contributed by atoms with Crippen LogP contribution in [0.5, 0.6) is 17.2 Å². The van der Waals surface area contributed by atoms with Gasteiger partial charge in [0.1, 0.15) is 36.4 Å². The number of nitriles is 1. The van der Waals surface area contributed by atoms with E-state index in [-0.39, 0.29) is 17.2 Å². The first-order valence-corrected chi connectivity index (χ1v) is 11.7. The molecule has 1 atom stereocenters. The highest BCUT2D eigenvalue weighted by Crippen LogP contribution is 2.36.